The molecule has 3 rings (SSSR count). The van der Waals surface area contributed by atoms with E-state index in [1.807, 2.05) is 42.3 Å². The summed E-state index contributed by atoms with van der Waals surface area (Å²) in [5, 5.41) is 2.67. The fourth-order valence-corrected chi connectivity index (χ4v) is 2.31. The van der Waals surface area contributed by atoms with Gasteiger partial charge in [-0.1, -0.05) is 24.3 Å². The predicted molar refractivity (Wildman–Crippen MR) is 93.1 cm³/mol. The predicted octanol–water partition coefficient (Wildman–Crippen LogP) is 4.24. The molecule has 3 aromatic rings. The molecular formula is C19H16FN3O. The van der Waals surface area contributed by atoms with E-state index in [2.05, 4.69) is 10.3 Å². The molecule has 1 N–H and O–H groups in total. The SMILES string of the molecule is CN(c1ccccc1)c1cncc(C(=O)Nc2cccc(F)c2)c1. The minimum absolute atomic E-state index is 0.337. The molecule has 1 aromatic heterocycles. The fourth-order valence-electron chi connectivity index (χ4n) is 2.31. The highest BCUT2D eigenvalue weighted by Crippen LogP contribution is 2.23. The molecule has 1 heterocycles. The minimum atomic E-state index is -0.400. The Morgan fingerprint density at radius 3 is 2.54 bits per heavy atom. The van der Waals surface area contributed by atoms with Crippen LogP contribution in [0, 0.1) is 5.82 Å². The summed E-state index contributed by atoms with van der Waals surface area (Å²) in [5.74, 6) is -0.736. The number of para-hydroxylation sites is 1. The van der Waals surface area contributed by atoms with Gasteiger partial charge in [0.2, 0.25) is 0 Å². The maximum atomic E-state index is 13.2. The largest absolute Gasteiger partial charge is 0.343 e. The van der Waals surface area contributed by atoms with Crippen molar-refractivity contribution >= 4 is 23.0 Å². The number of anilines is 3. The van der Waals surface area contributed by atoms with Crippen LogP contribution in [0.3, 0.4) is 0 Å². The molecule has 5 heteroatoms. The van der Waals surface area contributed by atoms with Crippen molar-refractivity contribution < 1.29 is 9.18 Å². The smallest absolute Gasteiger partial charge is 0.257 e. The average Bonchev–Trinajstić information content (AvgIpc) is 2.62. The number of pyridine rings is 1. The molecule has 120 valence electrons. The molecule has 1 amide bonds. The summed E-state index contributed by atoms with van der Waals surface area (Å²) < 4.78 is 13.2. The van der Waals surface area contributed by atoms with E-state index in [9.17, 15) is 9.18 Å². The van der Waals surface area contributed by atoms with Crippen molar-refractivity contribution in [3.8, 4) is 0 Å². The standard InChI is InChI=1S/C19H16FN3O/c1-23(17-8-3-2-4-9-17)18-10-14(12-21-13-18)19(24)22-16-7-5-6-15(20)11-16/h2-13H,1H3,(H,22,24). The third-order valence-electron chi connectivity index (χ3n) is 3.60. The summed E-state index contributed by atoms with van der Waals surface area (Å²) >= 11 is 0. The van der Waals surface area contributed by atoms with Crippen molar-refractivity contribution in [1.29, 1.82) is 0 Å². The van der Waals surface area contributed by atoms with Crippen molar-refractivity contribution in [3.63, 3.8) is 0 Å². The highest BCUT2D eigenvalue weighted by Gasteiger charge is 2.10. The zero-order valence-corrected chi connectivity index (χ0v) is 13.1. The first-order chi connectivity index (χ1) is 11.6. The molecule has 0 bridgehead atoms. The van der Waals surface area contributed by atoms with E-state index in [1.54, 1.807) is 24.4 Å². The number of nitrogens with one attached hydrogen (secondary N) is 1. The second-order valence-electron chi connectivity index (χ2n) is 5.29. The first-order valence-corrected chi connectivity index (χ1v) is 7.44. The van der Waals surface area contributed by atoms with Gasteiger partial charge in [0.1, 0.15) is 5.82 Å². The molecule has 4 nitrogen and oxygen atoms in total. The number of hydrogen-bond donors (Lipinski definition) is 1. The van der Waals surface area contributed by atoms with Crippen LogP contribution in [0.25, 0.3) is 0 Å². The Balaban J connectivity index is 1.81. The van der Waals surface area contributed by atoms with Crippen LogP contribution in [0.4, 0.5) is 21.5 Å². The number of nitrogens with zero attached hydrogens (tertiary/aromatic N) is 2. The summed E-state index contributed by atoms with van der Waals surface area (Å²) in [4.78, 5) is 18.4. The lowest BCUT2D eigenvalue weighted by atomic mass is 10.2. The number of halogens is 1. The molecule has 24 heavy (non-hydrogen) atoms. The Kier molecular flexibility index (Phi) is 4.52. The number of rotatable bonds is 4. The van der Waals surface area contributed by atoms with Gasteiger partial charge in [-0.2, -0.15) is 0 Å². The maximum absolute atomic E-state index is 13.2. The quantitative estimate of drug-likeness (QED) is 0.782. The molecule has 2 aromatic carbocycles. The van der Waals surface area contributed by atoms with Crippen LogP contribution in [0.2, 0.25) is 0 Å². The van der Waals surface area contributed by atoms with Crippen LogP contribution in [-0.2, 0) is 0 Å². The third kappa shape index (κ3) is 3.57. The van der Waals surface area contributed by atoms with Crippen LogP contribution >= 0.6 is 0 Å². The van der Waals surface area contributed by atoms with E-state index in [-0.39, 0.29) is 5.91 Å². The molecule has 0 aliphatic carbocycles. The van der Waals surface area contributed by atoms with Gasteiger partial charge in [0.15, 0.2) is 0 Å². The molecule has 0 aliphatic rings. The topological polar surface area (TPSA) is 45.2 Å². The molecule has 0 fully saturated rings. The fraction of sp³-hybridized carbons (Fsp3) is 0.0526. The molecule has 0 saturated heterocycles. The zero-order valence-electron chi connectivity index (χ0n) is 13.1. The number of hydrogen-bond acceptors (Lipinski definition) is 3. The molecule has 0 unspecified atom stereocenters. The van der Waals surface area contributed by atoms with Gasteiger partial charge in [0.05, 0.1) is 17.4 Å². The lowest BCUT2D eigenvalue weighted by Crippen LogP contribution is -2.15. The highest BCUT2D eigenvalue weighted by atomic mass is 19.1. The van der Waals surface area contributed by atoms with Crippen LogP contribution in [0.5, 0.6) is 0 Å². The van der Waals surface area contributed by atoms with E-state index >= 15 is 0 Å². The van der Waals surface area contributed by atoms with Gasteiger partial charge < -0.3 is 10.2 Å². The van der Waals surface area contributed by atoms with Crippen LogP contribution in [0.1, 0.15) is 10.4 Å². The van der Waals surface area contributed by atoms with E-state index in [1.165, 1.54) is 18.3 Å². The van der Waals surface area contributed by atoms with E-state index in [0.29, 0.717) is 11.3 Å². The van der Waals surface area contributed by atoms with Gasteiger partial charge in [-0.25, -0.2) is 4.39 Å². The van der Waals surface area contributed by atoms with Gasteiger partial charge >= 0.3 is 0 Å². The van der Waals surface area contributed by atoms with Crippen molar-refractivity contribution in [2.75, 3.05) is 17.3 Å². The third-order valence-corrected chi connectivity index (χ3v) is 3.60. The lowest BCUT2D eigenvalue weighted by Gasteiger charge is -2.19. The average molecular weight is 321 g/mol. The number of benzene rings is 2. The van der Waals surface area contributed by atoms with Gasteiger partial charge in [-0.05, 0) is 36.4 Å². The number of aromatic nitrogens is 1. The van der Waals surface area contributed by atoms with Gasteiger partial charge in [-0.15, -0.1) is 0 Å². The number of carbonyl (C=O) groups is 1. The van der Waals surface area contributed by atoms with Crippen LogP contribution in [-0.4, -0.2) is 17.9 Å². The van der Waals surface area contributed by atoms with Crippen molar-refractivity contribution in [2.45, 2.75) is 0 Å². The highest BCUT2D eigenvalue weighted by molar-refractivity contribution is 6.04. The second-order valence-corrected chi connectivity index (χ2v) is 5.29. The Bertz CT molecular complexity index is 852. The van der Waals surface area contributed by atoms with Crippen molar-refractivity contribution in [3.05, 3.63) is 84.4 Å². The Labute approximate surface area is 139 Å². The summed E-state index contributed by atoms with van der Waals surface area (Å²) in [6.07, 6.45) is 3.17. The minimum Gasteiger partial charge on any atom is -0.343 e. The maximum Gasteiger partial charge on any atom is 0.257 e. The second kappa shape index (κ2) is 6.91. The molecule has 0 saturated carbocycles. The molecule has 0 radical (unpaired) electrons. The summed E-state index contributed by atoms with van der Waals surface area (Å²) in [6.45, 7) is 0. The molecule has 0 aliphatic heterocycles. The normalized spacial score (nSPS) is 10.2. The number of carbonyl (C=O) groups excluding carboxylic acids is 1. The van der Waals surface area contributed by atoms with Crippen LogP contribution < -0.4 is 10.2 Å². The monoisotopic (exact) mass is 321 g/mol. The number of amides is 1. The zero-order chi connectivity index (χ0) is 16.9. The Hall–Kier alpha value is -3.21. The Morgan fingerprint density at radius 2 is 1.79 bits per heavy atom. The van der Waals surface area contributed by atoms with Crippen molar-refractivity contribution in [2.24, 2.45) is 0 Å². The van der Waals surface area contributed by atoms with Gasteiger partial charge in [-0.3, -0.25) is 9.78 Å². The van der Waals surface area contributed by atoms with Crippen LogP contribution in [0.15, 0.2) is 73.1 Å². The van der Waals surface area contributed by atoms with Crippen molar-refractivity contribution in [1.82, 2.24) is 4.98 Å². The molecular weight excluding hydrogens is 305 g/mol. The summed E-state index contributed by atoms with van der Waals surface area (Å²) in [7, 11) is 1.90. The summed E-state index contributed by atoms with van der Waals surface area (Å²) in [6, 6.07) is 17.3. The van der Waals surface area contributed by atoms with Gasteiger partial charge in [0.25, 0.3) is 5.91 Å². The Morgan fingerprint density at radius 1 is 1.00 bits per heavy atom. The first kappa shape index (κ1) is 15.7. The summed E-state index contributed by atoms with van der Waals surface area (Å²) in [5.41, 5.74) is 2.58. The van der Waals surface area contributed by atoms with Gasteiger partial charge in [0, 0.05) is 24.6 Å². The lowest BCUT2D eigenvalue weighted by molar-refractivity contribution is 0.102. The molecule has 0 spiro atoms. The van der Waals surface area contributed by atoms with E-state index in [0.717, 1.165) is 11.4 Å². The van der Waals surface area contributed by atoms with E-state index < -0.39 is 5.82 Å². The van der Waals surface area contributed by atoms with E-state index in [4.69, 9.17) is 0 Å². The molecule has 0 atom stereocenters. The first-order valence-electron chi connectivity index (χ1n) is 7.44.